The summed E-state index contributed by atoms with van der Waals surface area (Å²) < 4.78 is 0. The Morgan fingerprint density at radius 3 is 2.47 bits per heavy atom. The smallest absolute Gasteiger partial charge is 0.223 e. The zero-order valence-corrected chi connectivity index (χ0v) is 32.8. The number of rotatable bonds is 21. The molecule has 0 aliphatic heterocycles. The Morgan fingerprint density at radius 1 is 0.936 bits per heavy atom. The van der Waals surface area contributed by atoms with Crippen molar-refractivity contribution in [1.82, 2.24) is 10.2 Å². The number of carbonyl (C=O) groups excluding carboxylic acids is 1. The summed E-state index contributed by atoms with van der Waals surface area (Å²) in [4.78, 5) is 15.2. The topological polar surface area (TPSA) is 84.4 Å². The number of allylic oxidation sites excluding steroid dienone is 2. The van der Waals surface area contributed by atoms with Gasteiger partial charge in [0, 0.05) is 30.5 Å². The lowest BCUT2D eigenvalue weighted by Gasteiger charge is -2.58. The molecule has 0 heterocycles. The molecule has 5 nitrogen and oxygen atoms in total. The normalized spacial score (nSPS) is 32.4. The number of nitrogens with one attached hydrogen (secondary N) is 1. The summed E-state index contributed by atoms with van der Waals surface area (Å²) >= 11 is 0. The first-order valence-corrected chi connectivity index (χ1v) is 22.4. The number of hydrogen-bond donors (Lipinski definition) is 3. The summed E-state index contributed by atoms with van der Waals surface area (Å²) in [5, 5.41) is 4.15. The minimum absolute atomic E-state index is 0.309. The molecule has 0 aromatic heterocycles. The van der Waals surface area contributed by atoms with E-state index in [1.165, 1.54) is 70.6 Å². The van der Waals surface area contributed by atoms with Crippen LogP contribution in [0.1, 0.15) is 137 Å². The standard InChI is InChI=1S/C40H74N4OS2/c1-30(2)11-8-12-31(3)35-15-16-36-34-14-13-32-29-33(17-20-39(32,4)37(34)18-21-40(35,36)5)47-46-28-19-38(45)44(27-10-23-42)26-7-6-24-43-25-9-22-41/h13,30-31,33-37,43H,6-12,14-29,41-42H2,1-5H3/t31-,33+,34+,35-,36+,37?,39+,40-/m1/s1. The zero-order valence-electron chi connectivity index (χ0n) is 31.2. The number of amides is 1. The van der Waals surface area contributed by atoms with Crippen LogP contribution in [0.25, 0.3) is 0 Å². The SMILES string of the molecule is CC(C)CCC[C@@H](C)[C@H]1CC[C@H]2[C@@H]3CC=C4C[C@@H](SSCCC(=O)N(CCCN)CCCCNCCCN)CC[C@]4(C)C3CC[C@]12C. The molecular weight excluding hydrogens is 617 g/mol. The fourth-order valence-corrected chi connectivity index (χ4v) is 13.3. The highest BCUT2D eigenvalue weighted by molar-refractivity contribution is 8.76. The van der Waals surface area contributed by atoms with E-state index in [1.807, 2.05) is 10.8 Å². The van der Waals surface area contributed by atoms with Crippen LogP contribution in [0.4, 0.5) is 0 Å². The van der Waals surface area contributed by atoms with Gasteiger partial charge in [0.15, 0.2) is 0 Å². The summed E-state index contributed by atoms with van der Waals surface area (Å²) in [6.07, 6.45) is 22.9. The lowest BCUT2D eigenvalue weighted by Crippen LogP contribution is -2.50. The summed E-state index contributed by atoms with van der Waals surface area (Å²) in [5.41, 5.74) is 14.2. The van der Waals surface area contributed by atoms with Gasteiger partial charge in [-0.3, -0.25) is 4.79 Å². The van der Waals surface area contributed by atoms with Crippen molar-refractivity contribution in [1.29, 1.82) is 0 Å². The van der Waals surface area contributed by atoms with Crippen molar-refractivity contribution in [3.8, 4) is 0 Å². The minimum atomic E-state index is 0.309. The van der Waals surface area contributed by atoms with Gasteiger partial charge in [0.1, 0.15) is 0 Å². The second-order valence-corrected chi connectivity index (χ2v) is 19.7. The predicted molar refractivity (Wildman–Crippen MR) is 208 cm³/mol. The molecule has 3 fully saturated rings. The van der Waals surface area contributed by atoms with E-state index < -0.39 is 0 Å². The predicted octanol–water partition coefficient (Wildman–Crippen LogP) is 9.06. The quantitative estimate of drug-likeness (QED) is 0.0633. The van der Waals surface area contributed by atoms with E-state index in [0.29, 0.717) is 35.0 Å². The number of carbonyl (C=O) groups is 1. The Kier molecular flexibility index (Phi) is 16.3. The van der Waals surface area contributed by atoms with Gasteiger partial charge in [-0.2, -0.15) is 0 Å². The molecule has 7 heteroatoms. The third kappa shape index (κ3) is 10.4. The molecule has 0 spiro atoms. The molecule has 4 aliphatic rings. The molecule has 1 unspecified atom stereocenters. The number of hydrogen-bond acceptors (Lipinski definition) is 6. The summed E-state index contributed by atoms with van der Waals surface area (Å²) in [5.74, 6) is 6.64. The number of fused-ring (bicyclic) bond motifs is 5. The molecule has 0 aromatic carbocycles. The van der Waals surface area contributed by atoms with Crippen LogP contribution in [0.15, 0.2) is 11.6 Å². The second kappa shape index (κ2) is 19.4. The molecule has 47 heavy (non-hydrogen) atoms. The van der Waals surface area contributed by atoms with E-state index in [4.69, 9.17) is 11.5 Å². The molecule has 0 bridgehead atoms. The van der Waals surface area contributed by atoms with Crippen molar-refractivity contribution < 1.29 is 4.79 Å². The van der Waals surface area contributed by atoms with Gasteiger partial charge in [-0.25, -0.2) is 0 Å². The van der Waals surface area contributed by atoms with Crippen LogP contribution in [0.2, 0.25) is 0 Å². The molecule has 8 atom stereocenters. The number of nitrogens with zero attached hydrogens (tertiary/aromatic N) is 1. The maximum Gasteiger partial charge on any atom is 0.223 e. The fourth-order valence-electron chi connectivity index (χ4n) is 10.7. The van der Waals surface area contributed by atoms with E-state index in [1.54, 1.807) is 5.57 Å². The van der Waals surface area contributed by atoms with E-state index in [0.717, 1.165) is 99.7 Å². The Balaban J connectivity index is 1.22. The lowest BCUT2D eigenvalue weighted by molar-refractivity contribution is -0.130. The zero-order chi connectivity index (χ0) is 33.9. The summed E-state index contributed by atoms with van der Waals surface area (Å²) in [7, 11) is 4.03. The van der Waals surface area contributed by atoms with Crippen molar-refractivity contribution >= 4 is 27.5 Å². The summed E-state index contributed by atoms with van der Waals surface area (Å²) in [6, 6.07) is 0. The van der Waals surface area contributed by atoms with Gasteiger partial charge >= 0.3 is 0 Å². The summed E-state index contributed by atoms with van der Waals surface area (Å²) in [6.45, 7) is 17.8. The first kappa shape index (κ1) is 39.6. The molecule has 272 valence electrons. The van der Waals surface area contributed by atoms with Crippen LogP contribution in [-0.2, 0) is 4.79 Å². The second-order valence-electron chi connectivity index (χ2n) is 16.9. The van der Waals surface area contributed by atoms with Crippen LogP contribution in [0, 0.1) is 46.3 Å². The van der Waals surface area contributed by atoms with Crippen molar-refractivity contribution in [2.75, 3.05) is 45.0 Å². The highest BCUT2D eigenvalue weighted by Gasteiger charge is 2.59. The molecule has 4 rings (SSSR count). The third-order valence-electron chi connectivity index (χ3n) is 13.4. The van der Waals surface area contributed by atoms with Crippen LogP contribution < -0.4 is 16.8 Å². The van der Waals surface area contributed by atoms with Crippen LogP contribution in [-0.4, -0.2) is 61.1 Å². The molecule has 4 aliphatic carbocycles. The highest BCUT2D eigenvalue weighted by Crippen LogP contribution is 2.67. The maximum absolute atomic E-state index is 13.1. The molecule has 0 aromatic rings. The Bertz CT molecular complexity index is 976. The van der Waals surface area contributed by atoms with Gasteiger partial charge in [0.05, 0.1) is 0 Å². The van der Waals surface area contributed by atoms with E-state index in [9.17, 15) is 4.79 Å². The van der Waals surface area contributed by atoms with E-state index in [2.05, 4.69) is 61.7 Å². The average Bonchev–Trinajstić information content (AvgIpc) is 3.41. The van der Waals surface area contributed by atoms with E-state index >= 15 is 0 Å². The Hall–Kier alpha value is -0.210. The largest absolute Gasteiger partial charge is 0.343 e. The van der Waals surface area contributed by atoms with Crippen molar-refractivity contribution in [3.63, 3.8) is 0 Å². The van der Waals surface area contributed by atoms with Crippen molar-refractivity contribution in [3.05, 3.63) is 11.6 Å². The van der Waals surface area contributed by atoms with Gasteiger partial charge in [0.25, 0.3) is 0 Å². The number of unbranched alkanes of at least 4 members (excludes halogenated alkanes) is 1. The highest BCUT2D eigenvalue weighted by atomic mass is 33.1. The molecule has 3 saturated carbocycles. The molecule has 5 N–H and O–H groups in total. The van der Waals surface area contributed by atoms with Crippen LogP contribution in [0.5, 0.6) is 0 Å². The first-order chi connectivity index (χ1) is 22.6. The van der Waals surface area contributed by atoms with Crippen molar-refractivity contribution in [2.45, 2.75) is 143 Å². The Morgan fingerprint density at radius 2 is 1.70 bits per heavy atom. The van der Waals surface area contributed by atoms with Crippen LogP contribution in [0.3, 0.4) is 0 Å². The van der Waals surface area contributed by atoms with Gasteiger partial charge < -0.3 is 21.7 Å². The maximum atomic E-state index is 13.1. The minimum Gasteiger partial charge on any atom is -0.343 e. The first-order valence-electron chi connectivity index (χ1n) is 20.0. The third-order valence-corrected chi connectivity index (χ3v) is 16.3. The molecule has 1 amide bonds. The monoisotopic (exact) mass is 691 g/mol. The van der Waals surface area contributed by atoms with Gasteiger partial charge in [-0.05, 0) is 150 Å². The lowest BCUT2D eigenvalue weighted by atomic mass is 9.47. The molecule has 0 saturated heterocycles. The Labute approximate surface area is 298 Å². The van der Waals surface area contributed by atoms with Gasteiger partial charge in [-0.1, -0.05) is 87.1 Å². The molecular formula is C40H74N4OS2. The molecule has 0 radical (unpaired) electrons. The van der Waals surface area contributed by atoms with Crippen molar-refractivity contribution in [2.24, 2.45) is 57.8 Å². The van der Waals surface area contributed by atoms with Gasteiger partial charge in [-0.15, -0.1) is 0 Å². The van der Waals surface area contributed by atoms with Crippen LogP contribution >= 0.6 is 21.6 Å². The fraction of sp³-hybridized carbons (Fsp3) is 0.925. The van der Waals surface area contributed by atoms with Gasteiger partial charge in [0.2, 0.25) is 5.91 Å². The number of nitrogens with two attached hydrogens (primary N) is 2. The average molecular weight is 691 g/mol. The van der Waals surface area contributed by atoms with E-state index in [-0.39, 0.29) is 0 Å².